The van der Waals surface area contributed by atoms with Crippen LogP contribution in [0.1, 0.15) is 23.0 Å². The van der Waals surface area contributed by atoms with Crippen LogP contribution in [-0.2, 0) is 11.8 Å². The normalized spacial score (nSPS) is 12.3. The van der Waals surface area contributed by atoms with Crippen molar-refractivity contribution >= 4 is 34.2 Å². The van der Waals surface area contributed by atoms with Crippen molar-refractivity contribution in [3.63, 3.8) is 0 Å². The molecule has 1 amide bonds. The third kappa shape index (κ3) is 2.89. The van der Waals surface area contributed by atoms with Crippen LogP contribution in [0, 0.1) is 6.92 Å². The fourth-order valence-corrected chi connectivity index (χ4v) is 3.38. The maximum atomic E-state index is 13.0. The molecule has 0 fully saturated rings. The highest BCUT2D eigenvalue weighted by atomic mass is 32.1. The van der Waals surface area contributed by atoms with E-state index in [2.05, 4.69) is 10.1 Å². The molecule has 25 heavy (non-hydrogen) atoms. The maximum absolute atomic E-state index is 13.0. The number of thiophene rings is 1. The van der Waals surface area contributed by atoms with Gasteiger partial charge in [-0.1, -0.05) is 6.07 Å². The highest BCUT2D eigenvalue weighted by molar-refractivity contribution is 7.13. The number of carboxylic acid groups (broad SMARTS) is 1. The molecule has 7 nitrogen and oxygen atoms in total. The molecule has 0 aromatic carbocycles. The molecular formula is C17H18N4O3S. The van der Waals surface area contributed by atoms with Crippen LogP contribution < -0.4 is 0 Å². The van der Waals surface area contributed by atoms with Gasteiger partial charge in [-0.05, 0) is 31.4 Å². The number of carboxylic acids is 1. The molecule has 0 aliphatic heterocycles. The minimum atomic E-state index is -1.05. The molecule has 0 aliphatic carbocycles. The highest BCUT2D eigenvalue weighted by Crippen LogP contribution is 2.30. The van der Waals surface area contributed by atoms with Gasteiger partial charge in [0.1, 0.15) is 6.04 Å². The zero-order valence-electron chi connectivity index (χ0n) is 14.3. The molecule has 0 bridgehead atoms. The molecule has 1 N–H and O–H groups in total. The number of fused-ring (bicyclic) bond motifs is 1. The Morgan fingerprint density at radius 3 is 2.72 bits per heavy atom. The molecule has 3 rings (SSSR count). The molecule has 1 atom stereocenters. The summed E-state index contributed by atoms with van der Waals surface area (Å²) in [5, 5.41) is 16.2. The summed E-state index contributed by atoms with van der Waals surface area (Å²) in [6.45, 7) is 3.29. The van der Waals surface area contributed by atoms with Crippen molar-refractivity contribution in [3.8, 4) is 10.6 Å². The second-order valence-corrected chi connectivity index (χ2v) is 6.82. The van der Waals surface area contributed by atoms with Crippen LogP contribution in [-0.4, -0.2) is 49.7 Å². The first-order valence-electron chi connectivity index (χ1n) is 7.69. The summed E-state index contributed by atoms with van der Waals surface area (Å²) in [5.74, 6) is -1.42. The van der Waals surface area contributed by atoms with Gasteiger partial charge >= 0.3 is 5.97 Å². The first-order chi connectivity index (χ1) is 11.8. The number of carbonyl (C=O) groups excluding carboxylic acids is 1. The SMILES string of the molecule is Cc1nn(C)c2nc(-c3cccs3)cc(C(=O)N(C)C(C)C(=O)O)c12. The Bertz CT molecular complexity index is 962. The number of aliphatic carboxylic acids is 1. The lowest BCUT2D eigenvalue weighted by molar-refractivity contribution is -0.141. The number of pyridine rings is 1. The fraction of sp³-hybridized carbons (Fsp3) is 0.294. The lowest BCUT2D eigenvalue weighted by Gasteiger charge is -2.22. The number of nitrogens with zero attached hydrogens (tertiary/aromatic N) is 4. The van der Waals surface area contributed by atoms with Crippen molar-refractivity contribution in [2.45, 2.75) is 19.9 Å². The van der Waals surface area contributed by atoms with Crippen LogP contribution in [0.25, 0.3) is 21.6 Å². The van der Waals surface area contributed by atoms with Crippen molar-refractivity contribution in [2.24, 2.45) is 7.05 Å². The molecule has 1 unspecified atom stereocenters. The van der Waals surface area contributed by atoms with E-state index in [1.54, 1.807) is 17.8 Å². The van der Waals surface area contributed by atoms with Gasteiger partial charge in [0, 0.05) is 14.1 Å². The van der Waals surface area contributed by atoms with Crippen LogP contribution >= 0.6 is 11.3 Å². The van der Waals surface area contributed by atoms with E-state index in [0.717, 1.165) is 4.88 Å². The lowest BCUT2D eigenvalue weighted by atomic mass is 10.1. The average Bonchev–Trinajstić information content (AvgIpc) is 3.21. The second kappa shape index (κ2) is 6.29. The number of aryl methyl sites for hydroxylation is 2. The van der Waals surface area contributed by atoms with Crippen molar-refractivity contribution in [1.82, 2.24) is 19.7 Å². The van der Waals surface area contributed by atoms with Crippen molar-refractivity contribution in [1.29, 1.82) is 0 Å². The number of amides is 1. The van der Waals surface area contributed by atoms with Crippen molar-refractivity contribution in [2.75, 3.05) is 7.05 Å². The van der Waals surface area contributed by atoms with Gasteiger partial charge in [0.15, 0.2) is 5.65 Å². The average molecular weight is 358 g/mol. The molecule has 8 heteroatoms. The minimum absolute atomic E-state index is 0.365. The van der Waals surface area contributed by atoms with Gasteiger partial charge in [-0.2, -0.15) is 5.10 Å². The zero-order chi connectivity index (χ0) is 18.3. The van der Waals surface area contributed by atoms with Gasteiger partial charge in [0.2, 0.25) is 0 Å². The van der Waals surface area contributed by atoms with Gasteiger partial charge in [-0.25, -0.2) is 9.78 Å². The molecular weight excluding hydrogens is 340 g/mol. The van der Waals surface area contributed by atoms with E-state index in [1.807, 2.05) is 24.4 Å². The summed E-state index contributed by atoms with van der Waals surface area (Å²) in [4.78, 5) is 31.0. The quantitative estimate of drug-likeness (QED) is 0.774. The summed E-state index contributed by atoms with van der Waals surface area (Å²) >= 11 is 1.53. The number of carbonyl (C=O) groups is 2. The molecule has 0 radical (unpaired) electrons. The molecule has 0 saturated carbocycles. The Morgan fingerprint density at radius 1 is 1.40 bits per heavy atom. The van der Waals surface area contributed by atoms with E-state index in [0.29, 0.717) is 28.0 Å². The van der Waals surface area contributed by atoms with Gasteiger partial charge < -0.3 is 10.0 Å². The number of rotatable bonds is 4. The summed E-state index contributed by atoms with van der Waals surface area (Å²) in [7, 11) is 3.27. The standard InChI is InChI=1S/C17H18N4O3S/c1-9-14-11(16(22)20(3)10(2)17(23)24)8-12(13-6-5-7-25-13)18-15(14)21(4)19-9/h5-8,10H,1-4H3,(H,23,24). The summed E-state index contributed by atoms with van der Waals surface area (Å²) in [6, 6.07) is 4.63. The van der Waals surface area contributed by atoms with E-state index in [1.165, 1.54) is 30.2 Å². The Kier molecular flexibility index (Phi) is 4.30. The monoisotopic (exact) mass is 358 g/mol. The van der Waals surface area contributed by atoms with Crippen LogP contribution in [0.4, 0.5) is 0 Å². The number of hydrogen-bond donors (Lipinski definition) is 1. The van der Waals surface area contributed by atoms with Gasteiger partial charge in [0.25, 0.3) is 5.91 Å². The van der Waals surface area contributed by atoms with Crippen molar-refractivity contribution in [3.05, 3.63) is 34.8 Å². The third-order valence-corrected chi connectivity index (χ3v) is 5.12. The summed E-state index contributed by atoms with van der Waals surface area (Å²) in [6.07, 6.45) is 0. The van der Waals surface area contributed by atoms with Crippen LogP contribution in [0.2, 0.25) is 0 Å². The Balaban J connectivity index is 2.22. The summed E-state index contributed by atoms with van der Waals surface area (Å²) in [5.41, 5.74) is 2.37. The van der Waals surface area contributed by atoms with Crippen LogP contribution in [0.15, 0.2) is 23.6 Å². The van der Waals surface area contributed by atoms with E-state index < -0.39 is 12.0 Å². The van der Waals surface area contributed by atoms with E-state index in [4.69, 9.17) is 0 Å². The van der Waals surface area contributed by atoms with Crippen molar-refractivity contribution < 1.29 is 14.7 Å². The lowest BCUT2D eigenvalue weighted by Crippen LogP contribution is -2.40. The molecule has 0 saturated heterocycles. The largest absolute Gasteiger partial charge is 0.480 e. The van der Waals surface area contributed by atoms with Crippen LogP contribution in [0.5, 0.6) is 0 Å². The molecule has 130 valence electrons. The first-order valence-corrected chi connectivity index (χ1v) is 8.57. The number of hydrogen-bond acceptors (Lipinski definition) is 5. The van der Waals surface area contributed by atoms with Gasteiger partial charge in [-0.3, -0.25) is 9.48 Å². The number of likely N-dealkylation sites (N-methyl/N-ethyl adjacent to an activating group) is 1. The molecule has 0 aliphatic rings. The predicted octanol–water partition coefficient (Wildman–Crippen LogP) is 2.55. The second-order valence-electron chi connectivity index (χ2n) is 5.87. The van der Waals surface area contributed by atoms with Crippen LogP contribution in [0.3, 0.4) is 0 Å². The molecule has 3 aromatic rings. The summed E-state index contributed by atoms with van der Waals surface area (Å²) < 4.78 is 1.64. The van der Waals surface area contributed by atoms with E-state index >= 15 is 0 Å². The predicted molar refractivity (Wildman–Crippen MR) is 95.8 cm³/mol. The topological polar surface area (TPSA) is 88.3 Å². The molecule has 0 spiro atoms. The fourth-order valence-electron chi connectivity index (χ4n) is 2.70. The van der Waals surface area contributed by atoms with E-state index in [-0.39, 0.29) is 5.91 Å². The zero-order valence-corrected chi connectivity index (χ0v) is 15.2. The Labute approximate surface area is 148 Å². The smallest absolute Gasteiger partial charge is 0.326 e. The van der Waals surface area contributed by atoms with Gasteiger partial charge in [0.05, 0.1) is 27.2 Å². The highest BCUT2D eigenvalue weighted by Gasteiger charge is 2.27. The minimum Gasteiger partial charge on any atom is -0.480 e. The first kappa shape index (κ1) is 17.1. The molecule has 3 aromatic heterocycles. The Hall–Kier alpha value is -2.74. The van der Waals surface area contributed by atoms with Gasteiger partial charge in [-0.15, -0.1) is 11.3 Å². The maximum Gasteiger partial charge on any atom is 0.326 e. The number of aromatic nitrogens is 3. The third-order valence-electron chi connectivity index (χ3n) is 4.23. The van der Waals surface area contributed by atoms with E-state index in [9.17, 15) is 14.7 Å². The molecule has 3 heterocycles. The Morgan fingerprint density at radius 2 is 2.12 bits per heavy atom.